The van der Waals surface area contributed by atoms with Gasteiger partial charge < -0.3 is 10.1 Å². The first-order chi connectivity index (χ1) is 7.63. The van der Waals surface area contributed by atoms with E-state index in [-0.39, 0.29) is 0 Å². The molecule has 0 heterocycles. The van der Waals surface area contributed by atoms with Gasteiger partial charge in [0.1, 0.15) is 18.9 Å². The van der Waals surface area contributed by atoms with Crippen molar-refractivity contribution in [1.29, 1.82) is 0 Å². The second kappa shape index (κ2) is 7.00. The van der Waals surface area contributed by atoms with E-state index in [9.17, 15) is 0 Å². The molecule has 0 spiro atoms. The van der Waals surface area contributed by atoms with Crippen molar-refractivity contribution in [2.45, 2.75) is 26.3 Å². The molecular formula is C12H18Cl2NO+. The van der Waals surface area contributed by atoms with Crippen LogP contribution in [0.2, 0.25) is 10.0 Å². The minimum Gasteiger partial charge on any atom is -0.488 e. The Morgan fingerprint density at radius 1 is 1.31 bits per heavy atom. The van der Waals surface area contributed by atoms with Crippen LogP contribution in [0.4, 0.5) is 0 Å². The fourth-order valence-electron chi connectivity index (χ4n) is 1.26. The maximum Gasteiger partial charge on any atom is 0.137 e. The molecule has 2 nitrogen and oxygen atoms in total. The summed E-state index contributed by atoms with van der Waals surface area (Å²) >= 11 is 11.7. The molecule has 0 aliphatic carbocycles. The summed E-state index contributed by atoms with van der Waals surface area (Å²) in [5.41, 5.74) is 0. The van der Waals surface area contributed by atoms with Crippen molar-refractivity contribution in [2.24, 2.45) is 0 Å². The molecule has 2 N–H and O–H groups in total. The van der Waals surface area contributed by atoms with Gasteiger partial charge in [0.05, 0.1) is 16.1 Å². The molecule has 0 unspecified atom stereocenters. The predicted octanol–water partition coefficient (Wildman–Crippen LogP) is 2.73. The summed E-state index contributed by atoms with van der Waals surface area (Å²) in [5.74, 6) is 0.770. The maximum atomic E-state index is 5.88. The molecule has 16 heavy (non-hydrogen) atoms. The fraction of sp³-hybridized carbons (Fsp3) is 0.500. The zero-order chi connectivity index (χ0) is 12.0. The monoisotopic (exact) mass is 262 g/mol. The molecule has 90 valence electrons. The number of hydrogen-bond donors (Lipinski definition) is 1. The molecule has 0 radical (unpaired) electrons. The number of hydrogen-bond acceptors (Lipinski definition) is 1. The van der Waals surface area contributed by atoms with Crippen LogP contribution in [0.15, 0.2) is 18.2 Å². The van der Waals surface area contributed by atoms with E-state index in [1.54, 1.807) is 12.1 Å². The van der Waals surface area contributed by atoms with Gasteiger partial charge >= 0.3 is 0 Å². The van der Waals surface area contributed by atoms with Crippen molar-refractivity contribution in [1.82, 2.24) is 0 Å². The first-order valence-electron chi connectivity index (χ1n) is 5.54. The smallest absolute Gasteiger partial charge is 0.137 e. The van der Waals surface area contributed by atoms with Gasteiger partial charge in [-0.15, -0.1) is 0 Å². The summed E-state index contributed by atoms with van der Waals surface area (Å²) < 4.78 is 5.56. The largest absolute Gasteiger partial charge is 0.488 e. The van der Waals surface area contributed by atoms with Crippen molar-refractivity contribution in [3.63, 3.8) is 0 Å². The molecule has 0 saturated carbocycles. The molecule has 0 aliphatic heterocycles. The van der Waals surface area contributed by atoms with Gasteiger partial charge in [0.25, 0.3) is 0 Å². The topological polar surface area (TPSA) is 25.8 Å². The normalized spacial score (nSPS) is 12.5. The molecule has 0 amide bonds. The van der Waals surface area contributed by atoms with Crippen LogP contribution in [-0.2, 0) is 0 Å². The average Bonchev–Trinajstić information content (AvgIpc) is 2.28. The summed E-state index contributed by atoms with van der Waals surface area (Å²) in [4.78, 5) is 0. The molecule has 4 heteroatoms. The summed E-state index contributed by atoms with van der Waals surface area (Å²) in [6.07, 6.45) is 1.17. The van der Waals surface area contributed by atoms with Crippen molar-refractivity contribution in [2.75, 3.05) is 13.2 Å². The van der Waals surface area contributed by atoms with Crippen LogP contribution >= 0.6 is 23.2 Å². The Hall–Kier alpha value is -0.440. The molecule has 1 aromatic carbocycles. The summed E-state index contributed by atoms with van der Waals surface area (Å²) in [7, 11) is 0. The molecule has 0 bridgehead atoms. The van der Waals surface area contributed by atoms with Crippen molar-refractivity contribution >= 4 is 23.2 Å². The van der Waals surface area contributed by atoms with E-state index < -0.39 is 0 Å². The second-order valence-electron chi connectivity index (χ2n) is 3.83. The highest BCUT2D eigenvalue weighted by atomic mass is 35.5. The van der Waals surface area contributed by atoms with Gasteiger partial charge in [0, 0.05) is 6.07 Å². The summed E-state index contributed by atoms with van der Waals surface area (Å²) in [6.45, 7) is 6.03. The maximum absolute atomic E-state index is 5.88. The van der Waals surface area contributed by atoms with Crippen molar-refractivity contribution in [3.8, 4) is 5.75 Å². The first-order valence-corrected chi connectivity index (χ1v) is 6.30. The molecule has 0 aliphatic rings. The van der Waals surface area contributed by atoms with Gasteiger partial charge in [0.15, 0.2) is 0 Å². The van der Waals surface area contributed by atoms with Gasteiger partial charge in [-0.1, -0.05) is 30.1 Å². The van der Waals surface area contributed by atoms with Gasteiger partial charge in [-0.3, -0.25) is 0 Å². The lowest BCUT2D eigenvalue weighted by Gasteiger charge is -2.09. The molecule has 0 fully saturated rings. The van der Waals surface area contributed by atoms with E-state index in [4.69, 9.17) is 27.9 Å². The third kappa shape index (κ3) is 4.60. The van der Waals surface area contributed by atoms with Gasteiger partial charge in [-0.25, -0.2) is 0 Å². The zero-order valence-corrected chi connectivity index (χ0v) is 11.2. The third-order valence-electron chi connectivity index (χ3n) is 2.49. The van der Waals surface area contributed by atoms with E-state index in [1.165, 1.54) is 6.42 Å². The Morgan fingerprint density at radius 2 is 2.06 bits per heavy atom. The Kier molecular flexibility index (Phi) is 5.96. The highest BCUT2D eigenvalue weighted by Crippen LogP contribution is 2.26. The Balaban J connectivity index is 2.29. The Bertz CT molecular complexity index is 331. The molecule has 1 rings (SSSR count). The van der Waals surface area contributed by atoms with Crippen LogP contribution in [0, 0.1) is 0 Å². The lowest BCUT2D eigenvalue weighted by Crippen LogP contribution is -2.90. The molecule has 0 aromatic heterocycles. The number of quaternary nitrogens is 1. The number of halogens is 2. The SMILES string of the molecule is CC[C@H](C)[NH2+]CCOc1ccc(Cl)c(Cl)c1. The van der Waals surface area contributed by atoms with Crippen molar-refractivity contribution in [3.05, 3.63) is 28.2 Å². The molecule has 0 saturated heterocycles. The van der Waals surface area contributed by atoms with Crippen LogP contribution in [0.3, 0.4) is 0 Å². The summed E-state index contributed by atoms with van der Waals surface area (Å²) in [6, 6.07) is 5.97. The van der Waals surface area contributed by atoms with Crippen LogP contribution in [0.5, 0.6) is 5.75 Å². The number of benzene rings is 1. The second-order valence-corrected chi connectivity index (χ2v) is 4.65. The van der Waals surface area contributed by atoms with Gasteiger partial charge in [0.2, 0.25) is 0 Å². The lowest BCUT2D eigenvalue weighted by atomic mass is 10.3. The zero-order valence-electron chi connectivity index (χ0n) is 9.67. The average molecular weight is 263 g/mol. The fourth-order valence-corrected chi connectivity index (χ4v) is 1.55. The summed E-state index contributed by atoms with van der Waals surface area (Å²) in [5, 5.41) is 3.36. The highest BCUT2D eigenvalue weighted by molar-refractivity contribution is 6.42. The Morgan fingerprint density at radius 3 is 2.69 bits per heavy atom. The third-order valence-corrected chi connectivity index (χ3v) is 3.23. The van der Waals surface area contributed by atoms with Crippen LogP contribution < -0.4 is 10.1 Å². The number of rotatable bonds is 6. The molecule has 1 aromatic rings. The first kappa shape index (κ1) is 13.6. The minimum absolute atomic E-state index is 0.532. The predicted molar refractivity (Wildman–Crippen MR) is 68.5 cm³/mol. The van der Waals surface area contributed by atoms with Crippen LogP contribution in [0.1, 0.15) is 20.3 Å². The van der Waals surface area contributed by atoms with E-state index in [0.29, 0.717) is 22.7 Å². The highest BCUT2D eigenvalue weighted by Gasteiger charge is 2.02. The van der Waals surface area contributed by atoms with E-state index in [2.05, 4.69) is 19.2 Å². The van der Waals surface area contributed by atoms with Crippen LogP contribution in [0.25, 0.3) is 0 Å². The molecule has 1 atom stereocenters. The van der Waals surface area contributed by atoms with Crippen molar-refractivity contribution < 1.29 is 10.1 Å². The van der Waals surface area contributed by atoms with Crippen LogP contribution in [-0.4, -0.2) is 19.2 Å². The minimum atomic E-state index is 0.532. The molecular weight excluding hydrogens is 245 g/mol. The number of nitrogens with two attached hydrogens (primary N) is 1. The standard InChI is InChI=1S/C12H17Cl2NO/c1-3-9(2)15-6-7-16-10-4-5-11(13)12(14)8-10/h4-5,8-9,15H,3,6-7H2,1-2H3/p+1/t9-/m0/s1. The quantitative estimate of drug-likeness (QED) is 0.784. The van der Waals surface area contributed by atoms with E-state index in [0.717, 1.165) is 12.3 Å². The van der Waals surface area contributed by atoms with Gasteiger partial charge in [-0.05, 0) is 25.5 Å². The Labute approximate surface area is 107 Å². The lowest BCUT2D eigenvalue weighted by molar-refractivity contribution is -0.686. The van der Waals surface area contributed by atoms with E-state index >= 15 is 0 Å². The number of ether oxygens (including phenoxy) is 1. The van der Waals surface area contributed by atoms with E-state index in [1.807, 2.05) is 6.07 Å². The van der Waals surface area contributed by atoms with Gasteiger partial charge in [-0.2, -0.15) is 0 Å².